The van der Waals surface area contributed by atoms with Crippen LogP contribution in [0.5, 0.6) is 0 Å². The smallest absolute Gasteiger partial charge is 0.258 e. The number of quaternary nitrogens is 1. The highest BCUT2D eigenvalue weighted by Crippen LogP contribution is 2.31. The minimum atomic E-state index is 0.0511. The maximum atomic E-state index is 5.90. The maximum Gasteiger partial charge on any atom is 0.258 e. The zero-order valence-electron chi connectivity index (χ0n) is 11.9. The molecule has 3 rings (SSSR count). The lowest BCUT2D eigenvalue weighted by molar-refractivity contribution is 0.0131. The van der Waals surface area contributed by atoms with Crippen molar-refractivity contribution in [3.63, 3.8) is 0 Å². The monoisotopic (exact) mass is 262 g/mol. The van der Waals surface area contributed by atoms with Crippen molar-refractivity contribution in [2.75, 3.05) is 21.1 Å². The molecule has 0 saturated carbocycles. The lowest BCUT2D eigenvalue weighted by atomic mass is 10.2. The van der Waals surface area contributed by atoms with Gasteiger partial charge < -0.3 is 4.74 Å². The van der Waals surface area contributed by atoms with E-state index >= 15 is 0 Å². The van der Waals surface area contributed by atoms with Crippen LogP contribution >= 0.6 is 0 Å². The Hall–Kier alpha value is -1.53. The normalized spacial score (nSPS) is 24.2. The highest BCUT2D eigenvalue weighted by Gasteiger charge is 2.28. The third-order valence-electron chi connectivity index (χ3n) is 3.49. The van der Waals surface area contributed by atoms with Gasteiger partial charge in [-0.1, -0.05) is 0 Å². The molecule has 6 heteroatoms. The molecule has 0 aromatic carbocycles. The fourth-order valence-corrected chi connectivity index (χ4v) is 2.53. The topological polar surface area (TPSA) is 52.8 Å². The van der Waals surface area contributed by atoms with Crippen molar-refractivity contribution in [3.05, 3.63) is 12.7 Å². The summed E-state index contributed by atoms with van der Waals surface area (Å²) in [5.74, 6) is 0.926. The third kappa shape index (κ3) is 2.11. The minimum Gasteiger partial charge on any atom is -0.355 e. The molecular formula is C13H20N5O+. The molecule has 2 unspecified atom stereocenters. The van der Waals surface area contributed by atoms with E-state index in [9.17, 15) is 0 Å². The number of fused-ring (bicyclic) bond motifs is 1. The summed E-state index contributed by atoms with van der Waals surface area (Å²) in [7, 11) is 6.23. The Morgan fingerprint density at radius 3 is 2.63 bits per heavy atom. The van der Waals surface area contributed by atoms with Crippen LogP contribution in [-0.2, 0) is 4.74 Å². The van der Waals surface area contributed by atoms with E-state index in [4.69, 9.17) is 4.74 Å². The molecule has 0 radical (unpaired) electrons. The van der Waals surface area contributed by atoms with Gasteiger partial charge in [-0.25, -0.2) is 9.97 Å². The molecule has 0 amide bonds. The summed E-state index contributed by atoms with van der Waals surface area (Å²) < 4.78 is 8.55. The van der Waals surface area contributed by atoms with Crippen molar-refractivity contribution in [2.45, 2.75) is 32.1 Å². The number of hydrogen-bond donors (Lipinski definition) is 0. The Balaban J connectivity index is 2.09. The van der Waals surface area contributed by atoms with Crippen LogP contribution in [0.15, 0.2) is 12.7 Å². The largest absolute Gasteiger partial charge is 0.355 e. The molecule has 1 aliphatic rings. The van der Waals surface area contributed by atoms with E-state index in [0.29, 0.717) is 10.6 Å². The van der Waals surface area contributed by atoms with Crippen LogP contribution in [0.25, 0.3) is 11.2 Å². The second-order valence-electron chi connectivity index (χ2n) is 6.01. The molecule has 0 N–H and O–H groups in total. The van der Waals surface area contributed by atoms with Gasteiger partial charge in [-0.15, -0.1) is 0 Å². The quantitative estimate of drug-likeness (QED) is 0.773. The Labute approximate surface area is 112 Å². The Kier molecular flexibility index (Phi) is 2.79. The lowest BCUT2D eigenvalue weighted by Crippen LogP contribution is -2.36. The van der Waals surface area contributed by atoms with Gasteiger partial charge in [0, 0.05) is 0 Å². The molecule has 6 nitrogen and oxygen atoms in total. The first kappa shape index (κ1) is 12.5. The number of hydrogen-bond acceptors (Lipinski definition) is 4. The number of aromatic nitrogens is 4. The fraction of sp³-hybridized carbons (Fsp3) is 0.615. The number of ether oxygens (including phenoxy) is 1. The number of imidazole rings is 1. The van der Waals surface area contributed by atoms with E-state index in [1.165, 1.54) is 0 Å². The van der Waals surface area contributed by atoms with Gasteiger partial charge in [0.25, 0.3) is 5.82 Å². The van der Waals surface area contributed by atoms with Crippen molar-refractivity contribution in [1.82, 2.24) is 24.0 Å². The fourth-order valence-electron chi connectivity index (χ4n) is 2.53. The molecule has 0 aliphatic carbocycles. The molecule has 0 spiro atoms. The zero-order chi connectivity index (χ0) is 13.6. The Bertz CT molecular complexity index is 601. The Morgan fingerprint density at radius 2 is 2.00 bits per heavy atom. The first-order valence-corrected chi connectivity index (χ1v) is 6.62. The van der Waals surface area contributed by atoms with Gasteiger partial charge in [-0.2, -0.15) is 4.98 Å². The first-order chi connectivity index (χ1) is 8.97. The summed E-state index contributed by atoms with van der Waals surface area (Å²) in [4.78, 5) is 13.3. The standard InChI is InChI=1S/C13H20N5O/c1-9-5-6-10(19-9)17-8-16-11-12(17)14-7-15-13(11)18(2,3)4/h7-10H,5-6H2,1-4H3/q+1. The SMILES string of the molecule is CC1CCC(n2cnc3c([N+](C)(C)C)ncnc32)O1. The molecular weight excluding hydrogens is 242 g/mol. The van der Waals surface area contributed by atoms with E-state index in [0.717, 1.165) is 29.8 Å². The van der Waals surface area contributed by atoms with Crippen LogP contribution in [0.3, 0.4) is 0 Å². The van der Waals surface area contributed by atoms with Gasteiger partial charge in [0.1, 0.15) is 12.6 Å². The maximum absolute atomic E-state index is 5.90. The van der Waals surface area contributed by atoms with Crippen LogP contribution in [0, 0.1) is 0 Å². The molecule has 19 heavy (non-hydrogen) atoms. The van der Waals surface area contributed by atoms with Crippen molar-refractivity contribution in [3.8, 4) is 0 Å². The predicted molar refractivity (Wildman–Crippen MR) is 73.7 cm³/mol. The van der Waals surface area contributed by atoms with Gasteiger partial charge >= 0.3 is 0 Å². The van der Waals surface area contributed by atoms with Crippen molar-refractivity contribution < 1.29 is 4.74 Å². The minimum absolute atomic E-state index is 0.0511. The van der Waals surface area contributed by atoms with Crippen LogP contribution in [-0.4, -0.2) is 46.8 Å². The van der Waals surface area contributed by atoms with E-state index in [1.54, 1.807) is 6.33 Å². The summed E-state index contributed by atoms with van der Waals surface area (Å²) in [6.07, 6.45) is 5.88. The second kappa shape index (κ2) is 4.25. The van der Waals surface area contributed by atoms with Crippen LogP contribution in [0.2, 0.25) is 0 Å². The van der Waals surface area contributed by atoms with Crippen molar-refractivity contribution >= 4 is 17.0 Å². The number of nitrogens with zero attached hydrogens (tertiary/aromatic N) is 5. The molecule has 2 atom stereocenters. The third-order valence-corrected chi connectivity index (χ3v) is 3.49. The van der Waals surface area contributed by atoms with Crippen LogP contribution < -0.4 is 4.48 Å². The highest BCUT2D eigenvalue weighted by molar-refractivity contribution is 5.81. The molecule has 2 aromatic rings. The molecule has 1 saturated heterocycles. The summed E-state index contributed by atoms with van der Waals surface area (Å²) in [6, 6.07) is 0. The Morgan fingerprint density at radius 1 is 1.21 bits per heavy atom. The molecule has 2 aromatic heterocycles. The second-order valence-corrected chi connectivity index (χ2v) is 6.01. The van der Waals surface area contributed by atoms with Crippen LogP contribution in [0.1, 0.15) is 26.0 Å². The van der Waals surface area contributed by atoms with Gasteiger partial charge in [0.05, 0.1) is 33.6 Å². The average Bonchev–Trinajstić information content (AvgIpc) is 2.92. The zero-order valence-corrected chi connectivity index (χ0v) is 11.9. The summed E-state index contributed by atoms with van der Waals surface area (Å²) in [6.45, 7) is 2.10. The average molecular weight is 262 g/mol. The number of rotatable bonds is 2. The molecule has 102 valence electrons. The molecule has 3 heterocycles. The summed E-state index contributed by atoms with van der Waals surface area (Å²) >= 11 is 0. The molecule has 1 aliphatic heterocycles. The van der Waals surface area contributed by atoms with E-state index < -0.39 is 0 Å². The van der Waals surface area contributed by atoms with E-state index in [1.807, 2.05) is 10.9 Å². The summed E-state index contributed by atoms with van der Waals surface area (Å²) in [5, 5.41) is 0. The van der Waals surface area contributed by atoms with Gasteiger partial charge in [0.15, 0.2) is 11.2 Å². The van der Waals surface area contributed by atoms with Crippen molar-refractivity contribution in [2.24, 2.45) is 0 Å². The molecule has 1 fully saturated rings. The van der Waals surface area contributed by atoms with E-state index in [2.05, 4.69) is 43.0 Å². The highest BCUT2D eigenvalue weighted by atomic mass is 16.5. The lowest BCUT2D eigenvalue weighted by Gasteiger charge is -2.21. The van der Waals surface area contributed by atoms with E-state index in [-0.39, 0.29) is 6.23 Å². The first-order valence-electron chi connectivity index (χ1n) is 6.62. The predicted octanol–water partition coefficient (Wildman–Crippen LogP) is 1.72. The molecule has 0 bridgehead atoms. The van der Waals surface area contributed by atoms with Crippen LogP contribution in [0.4, 0.5) is 5.82 Å². The van der Waals surface area contributed by atoms with Gasteiger partial charge in [0.2, 0.25) is 0 Å². The van der Waals surface area contributed by atoms with Crippen molar-refractivity contribution in [1.29, 1.82) is 0 Å². The van der Waals surface area contributed by atoms with Gasteiger partial charge in [-0.05, 0) is 19.8 Å². The summed E-state index contributed by atoms with van der Waals surface area (Å²) in [5.41, 5.74) is 1.72. The van der Waals surface area contributed by atoms with Gasteiger partial charge in [-0.3, -0.25) is 9.05 Å².